The molecule has 3 aromatic carbocycles. The molecule has 41 heavy (non-hydrogen) atoms. The number of fused-ring (bicyclic) bond motifs is 3. The Labute approximate surface area is 251 Å². The molecule has 0 fully saturated rings. The van der Waals surface area contributed by atoms with Gasteiger partial charge in [0.25, 0.3) is 0 Å². The molecule has 0 radical (unpaired) electrons. The Kier molecular flexibility index (Phi) is 12.2. The van der Waals surface area contributed by atoms with Crippen LogP contribution in [0.15, 0.2) is 36.5 Å². The van der Waals surface area contributed by atoms with Gasteiger partial charge in [-0.05, 0) is 116 Å². The maximum Gasteiger partial charge on any atom is 0.0759 e. The Morgan fingerprint density at radius 2 is 1.32 bits per heavy atom. The van der Waals surface area contributed by atoms with E-state index in [-0.39, 0.29) is 5.41 Å². The van der Waals surface area contributed by atoms with Crippen LogP contribution < -0.4 is 5.73 Å². The van der Waals surface area contributed by atoms with Gasteiger partial charge in [-0.1, -0.05) is 104 Å². The van der Waals surface area contributed by atoms with E-state index in [2.05, 4.69) is 106 Å². The molecule has 0 saturated heterocycles. The third kappa shape index (κ3) is 6.85. The summed E-state index contributed by atoms with van der Waals surface area (Å²) in [6.45, 7) is 28.8. The van der Waals surface area contributed by atoms with Crippen LogP contribution in [-0.4, -0.2) is 4.98 Å². The highest BCUT2D eigenvalue weighted by atomic mass is 14.7. The summed E-state index contributed by atoms with van der Waals surface area (Å²) in [4.78, 5) is 5.28. The summed E-state index contributed by atoms with van der Waals surface area (Å²) in [5.41, 5.74) is 19.9. The van der Waals surface area contributed by atoms with Crippen molar-refractivity contribution in [2.24, 2.45) is 5.73 Å². The number of aromatic nitrogens is 1. The Hall–Kier alpha value is -3.13. The molecule has 0 aliphatic rings. The molecule has 2 N–H and O–H groups in total. The first-order valence-corrected chi connectivity index (χ1v) is 15.8. The molecule has 0 unspecified atom stereocenters. The van der Waals surface area contributed by atoms with Crippen molar-refractivity contribution in [3.05, 3.63) is 81.2 Å². The Morgan fingerprint density at radius 3 is 1.80 bits per heavy atom. The van der Waals surface area contributed by atoms with Crippen molar-refractivity contribution in [1.29, 1.82) is 0 Å². The average molecular weight is 553 g/mol. The van der Waals surface area contributed by atoms with Crippen LogP contribution in [0.25, 0.3) is 38.9 Å². The molecule has 4 aromatic rings. The van der Waals surface area contributed by atoms with E-state index in [4.69, 9.17) is 10.7 Å². The molecule has 2 heteroatoms. The zero-order chi connectivity index (χ0) is 31.1. The number of hydrogen-bond donors (Lipinski definition) is 1. The van der Waals surface area contributed by atoms with Gasteiger partial charge < -0.3 is 5.73 Å². The minimum atomic E-state index is 0.00811. The second-order valence-corrected chi connectivity index (χ2v) is 11.9. The molecule has 0 spiro atoms. The molecule has 0 bridgehead atoms. The van der Waals surface area contributed by atoms with Gasteiger partial charge in [-0.3, -0.25) is 0 Å². The van der Waals surface area contributed by atoms with Crippen LogP contribution in [0.2, 0.25) is 0 Å². The Bertz CT molecular complexity index is 1490. The second-order valence-electron chi connectivity index (χ2n) is 11.9. The zero-order valence-electron chi connectivity index (χ0n) is 28.4. The van der Waals surface area contributed by atoms with Crippen LogP contribution in [0.1, 0.15) is 119 Å². The number of nitrogens with two attached hydrogens (primary N) is 1. The number of unbranched alkanes of at least 4 members (excludes halogenated alkanes) is 2. The zero-order valence-corrected chi connectivity index (χ0v) is 28.4. The van der Waals surface area contributed by atoms with Gasteiger partial charge in [0.05, 0.1) is 11.2 Å². The second kappa shape index (κ2) is 14.7. The van der Waals surface area contributed by atoms with Gasteiger partial charge in [-0.15, -0.1) is 0 Å². The fourth-order valence-corrected chi connectivity index (χ4v) is 5.67. The number of nitrogens with zero attached hydrogens (tertiary/aromatic N) is 1. The standard InChI is InChI=1S/C32H38N2.C5H12.C2H6/c1-10-32(8,9)27-14-13-25(29-22(6)20(4)19(3)21(5)23(29)7)30-26-17-18(2)11-12-24(26)28(15-16-33)34-31(27)30;1-3-5-4-2;1-2/h11-17H,10,33H2,1-9H3;3-5H2,1-2H3;1-2H3/b16-15-;;. The Morgan fingerprint density at radius 1 is 0.756 bits per heavy atom. The van der Waals surface area contributed by atoms with Crippen LogP contribution in [0.4, 0.5) is 0 Å². The topological polar surface area (TPSA) is 38.9 Å². The smallest absolute Gasteiger partial charge is 0.0759 e. The van der Waals surface area contributed by atoms with E-state index in [1.165, 1.54) is 80.1 Å². The van der Waals surface area contributed by atoms with Crippen LogP contribution >= 0.6 is 0 Å². The lowest BCUT2D eigenvalue weighted by atomic mass is 9.78. The molecule has 2 nitrogen and oxygen atoms in total. The molecule has 0 saturated carbocycles. The molecule has 0 aliphatic carbocycles. The van der Waals surface area contributed by atoms with Crippen molar-refractivity contribution < 1.29 is 0 Å². The minimum absolute atomic E-state index is 0.00811. The molecule has 1 heterocycles. The third-order valence-electron chi connectivity index (χ3n) is 8.97. The third-order valence-corrected chi connectivity index (χ3v) is 8.97. The SMILES string of the molecule is CC.CCC(C)(C)c1ccc(-c2c(C)c(C)c(C)c(C)c2C)c2c1nc(/C=C\N)c1ccc(C)cc12.CCCCC. The number of aryl methyl sites for hydroxylation is 1. The molecule has 0 atom stereocenters. The molecule has 0 amide bonds. The lowest BCUT2D eigenvalue weighted by molar-refractivity contribution is 0.510. The summed E-state index contributed by atoms with van der Waals surface area (Å²) in [5.74, 6) is 0. The van der Waals surface area contributed by atoms with Crippen molar-refractivity contribution in [1.82, 2.24) is 4.98 Å². The lowest BCUT2D eigenvalue weighted by Crippen LogP contribution is -2.17. The molecular weight excluding hydrogens is 496 g/mol. The average Bonchev–Trinajstić information content (AvgIpc) is 2.96. The fraction of sp³-hybridized carbons (Fsp3) is 0.462. The normalized spacial score (nSPS) is 11.4. The first-order chi connectivity index (χ1) is 19.4. The van der Waals surface area contributed by atoms with Gasteiger partial charge in [-0.25, -0.2) is 4.98 Å². The molecule has 0 aliphatic heterocycles. The van der Waals surface area contributed by atoms with Crippen molar-refractivity contribution in [2.75, 3.05) is 0 Å². The van der Waals surface area contributed by atoms with Gasteiger partial charge in [0.2, 0.25) is 0 Å². The minimum Gasteiger partial charge on any atom is -0.405 e. The summed E-state index contributed by atoms with van der Waals surface area (Å²) in [7, 11) is 0. The van der Waals surface area contributed by atoms with Crippen LogP contribution in [0.3, 0.4) is 0 Å². The fourth-order valence-electron chi connectivity index (χ4n) is 5.67. The van der Waals surface area contributed by atoms with Crippen molar-refractivity contribution in [3.8, 4) is 11.1 Å². The van der Waals surface area contributed by atoms with E-state index in [9.17, 15) is 0 Å². The first kappa shape index (κ1) is 34.1. The van der Waals surface area contributed by atoms with Gasteiger partial charge in [-0.2, -0.15) is 0 Å². The lowest BCUT2D eigenvalue weighted by Gasteiger charge is -2.27. The van der Waals surface area contributed by atoms with Crippen LogP contribution in [-0.2, 0) is 5.41 Å². The molecule has 4 rings (SSSR count). The van der Waals surface area contributed by atoms with E-state index in [0.717, 1.165) is 23.0 Å². The number of pyridine rings is 1. The summed E-state index contributed by atoms with van der Waals surface area (Å²) in [5, 5.41) is 3.64. The largest absolute Gasteiger partial charge is 0.405 e. The van der Waals surface area contributed by atoms with E-state index in [0.29, 0.717) is 0 Å². The first-order valence-electron chi connectivity index (χ1n) is 15.8. The van der Waals surface area contributed by atoms with E-state index in [1.807, 2.05) is 19.9 Å². The van der Waals surface area contributed by atoms with E-state index >= 15 is 0 Å². The van der Waals surface area contributed by atoms with E-state index in [1.54, 1.807) is 6.20 Å². The quantitative estimate of drug-likeness (QED) is 0.242. The maximum atomic E-state index is 5.86. The van der Waals surface area contributed by atoms with Crippen molar-refractivity contribution >= 4 is 27.8 Å². The van der Waals surface area contributed by atoms with Gasteiger partial charge in [0.15, 0.2) is 0 Å². The Balaban J connectivity index is 0.000000759. The van der Waals surface area contributed by atoms with Crippen molar-refractivity contribution in [2.45, 2.75) is 121 Å². The highest BCUT2D eigenvalue weighted by molar-refractivity contribution is 6.16. The monoisotopic (exact) mass is 552 g/mol. The molecule has 222 valence electrons. The summed E-state index contributed by atoms with van der Waals surface area (Å²) < 4.78 is 0. The highest BCUT2D eigenvalue weighted by Crippen LogP contribution is 2.44. The number of benzene rings is 3. The summed E-state index contributed by atoms with van der Waals surface area (Å²) >= 11 is 0. The summed E-state index contributed by atoms with van der Waals surface area (Å²) in [6.07, 6.45) is 8.65. The highest BCUT2D eigenvalue weighted by Gasteiger charge is 2.26. The number of hydrogen-bond acceptors (Lipinski definition) is 2. The summed E-state index contributed by atoms with van der Waals surface area (Å²) in [6, 6.07) is 11.3. The maximum absolute atomic E-state index is 5.86. The molecular formula is C39H56N2. The van der Waals surface area contributed by atoms with E-state index < -0.39 is 0 Å². The van der Waals surface area contributed by atoms with Crippen LogP contribution in [0.5, 0.6) is 0 Å². The van der Waals surface area contributed by atoms with Gasteiger partial charge >= 0.3 is 0 Å². The van der Waals surface area contributed by atoms with Gasteiger partial charge in [0, 0.05) is 10.8 Å². The number of rotatable bonds is 6. The van der Waals surface area contributed by atoms with Gasteiger partial charge in [0.1, 0.15) is 0 Å². The predicted molar refractivity (Wildman–Crippen MR) is 186 cm³/mol. The van der Waals surface area contributed by atoms with Crippen molar-refractivity contribution in [3.63, 3.8) is 0 Å². The van der Waals surface area contributed by atoms with Crippen LogP contribution in [0, 0.1) is 41.5 Å². The predicted octanol–water partition coefficient (Wildman–Crippen LogP) is 11.7. The molecule has 1 aromatic heterocycles.